The number of aromatic hydroxyl groups is 1. The number of hydrogen-bond donors (Lipinski definition) is 4. The maximum Gasteiger partial charge on any atom is 0.490 e. The fraction of sp³-hybridized carbons (Fsp3) is 0.344. The first-order valence-corrected chi connectivity index (χ1v) is 14.4. The average Bonchev–Trinajstić information content (AvgIpc) is 3.02. The lowest BCUT2D eigenvalue weighted by Gasteiger charge is -2.38. The number of likely N-dealkylation sites (tertiary alicyclic amines) is 1. The maximum absolute atomic E-state index is 12.2. The van der Waals surface area contributed by atoms with E-state index in [2.05, 4.69) is 40.4 Å². The third-order valence-corrected chi connectivity index (χ3v) is 6.81. The number of benzene rings is 3. The summed E-state index contributed by atoms with van der Waals surface area (Å²) in [4.78, 5) is 34.8. The molecule has 0 radical (unpaired) electrons. The summed E-state index contributed by atoms with van der Waals surface area (Å²) in [6.45, 7) is 3.28. The smallest absolute Gasteiger partial charge is 0.490 e. The fourth-order valence-electron chi connectivity index (χ4n) is 4.37. The molecule has 0 unspecified atom stereocenters. The average molecular weight is 688 g/mol. The van der Waals surface area contributed by atoms with Gasteiger partial charge in [-0.2, -0.15) is 26.3 Å². The molecule has 1 amide bonds. The molecule has 3 aromatic carbocycles. The van der Waals surface area contributed by atoms with Crippen molar-refractivity contribution in [1.82, 2.24) is 4.90 Å². The summed E-state index contributed by atoms with van der Waals surface area (Å²) >= 11 is 0. The summed E-state index contributed by atoms with van der Waals surface area (Å²) in [5.74, 6) is -4.48. The van der Waals surface area contributed by atoms with Gasteiger partial charge in [0.1, 0.15) is 11.5 Å². The molecule has 0 aliphatic carbocycles. The normalized spacial score (nSPS) is 13.6. The Kier molecular flexibility index (Phi) is 15.0. The van der Waals surface area contributed by atoms with E-state index in [1.807, 2.05) is 54.6 Å². The number of carbonyl (C=O) groups excluding carboxylic acids is 1. The molecule has 0 atom stereocenters. The predicted octanol–water partition coefficient (Wildman–Crippen LogP) is 6.17. The van der Waals surface area contributed by atoms with E-state index in [1.165, 1.54) is 0 Å². The number of carboxylic acids is 2. The van der Waals surface area contributed by atoms with Gasteiger partial charge in [0, 0.05) is 44.1 Å². The van der Waals surface area contributed by atoms with Crippen LogP contribution in [-0.2, 0) is 20.9 Å². The number of phenols is 1. The first-order chi connectivity index (χ1) is 22.5. The number of hydrogen-bond acceptors (Lipinski definition) is 7. The molecule has 262 valence electrons. The highest BCUT2D eigenvalue weighted by molar-refractivity contribution is 5.91. The topological polar surface area (TPSA) is 140 Å². The highest BCUT2D eigenvalue weighted by Gasteiger charge is 2.38. The minimum atomic E-state index is -5.08. The molecule has 4 rings (SSSR count). The largest absolute Gasteiger partial charge is 0.508 e. The van der Waals surface area contributed by atoms with E-state index < -0.39 is 24.3 Å². The van der Waals surface area contributed by atoms with Crippen molar-refractivity contribution in [3.05, 3.63) is 84.4 Å². The molecule has 1 heterocycles. The van der Waals surface area contributed by atoms with Gasteiger partial charge in [0.05, 0.1) is 13.0 Å². The Morgan fingerprint density at radius 3 is 1.90 bits per heavy atom. The number of phenolic OH excluding ortho intramolecular Hbond substituents is 1. The van der Waals surface area contributed by atoms with Gasteiger partial charge in [-0.1, -0.05) is 30.3 Å². The number of amides is 1. The second-order valence-electron chi connectivity index (χ2n) is 10.4. The van der Waals surface area contributed by atoms with Crippen molar-refractivity contribution in [2.24, 2.45) is 0 Å². The second kappa shape index (κ2) is 18.4. The molecule has 1 fully saturated rings. The van der Waals surface area contributed by atoms with E-state index in [-0.39, 0.29) is 5.91 Å². The summed E-state index contributed by atoms with van der Waals surface area (Å²) in [5.41, 5.74) is 3.09. The van der Waals surface area contributed by atoms with Crippen LogP contribution in [0, 0.1) is 0 Å². The zero-order valence-electron chi connectivity index (χ0n) is 25.7. The number of aliphatic carboxylic acids is 2. The SMILES string of the molecule is CN(c1ccc(NC(=O)CCOc2ccccc2)cc1)C1CCN(Cc2cccc(O)c2)CC1.O=C(O)C(F)(F)F.O=C(O)C(F)(F)F. The number of ether oxygens (including phenoxy) is 1. The molecular weight excluding hydrogens is 652 g/mol. The number of para-hydroxylation sites is 1. The molecule has 3 aromatic rings. The summed E-state index contributed by atoms with van der Waals surface area (Å²) in [6, 6.07) is 25.6. The van der Waals surface area contributed by atoms with Gasteiger partial charge in [-0.05, 0) is 66.9 Å². The van der Waals surface area contributed by atoms with Crippen LogP contribution in [0.3, 0.4) is 0 Å². The lowest BCUT2D eigenvalue weighted by molar-refractivity contribution is -0.193. The molecule has 10 nitrogen and oxygen atoms in total. The zero-order valence-corrected chi connectivity index (χ0v) is 25.7. The first kappa shape index (κ1) is 39.2. The molecule has 16 heteroatoms. The van der Waals surface area contributed by atoms with Crippen LogP contribution < -0.4 is 15.0 Å². The van der Waals surface area contributed by atoms with Crippen molar-refractivity contribution in [3.63, 3.8) is 0 Å². The zero-order chi connectivity index (χ0) is 35.9. The number of carboxylic acid groups (broad SMARTS) is 2. The molecule has 0 aromatic heterocycles. The summed E-state index contributed by atoms with van der Waals surface area (Å²) in [5, 5.41) is 26.9. The van der Waals surface area contributed by atoms with E-state index in [1.54, 1.807) is 6.07 Å². The Hall–Kier alpha value is -4.99. The van der Waals surface area contributed by atoms with Crippen molar-refractivity contribution in [3.8, 4) is 11.5 Å². The van der Waals surface area contributed by atoms with Crippen molar-refractivity contribution >= 4 is 29.2 Å². The quantitative estimate of drug-likeness (QED) is 0.195. The Balaban J connectivity index is 0.000000479. The number of nitrogens with zero attached hydrogens (tertiary/aromatic N) is 2. The number of anilines is 2. The maximum atomic E-state index is 12.2. The number of piperidine rings is 1. The second-order valence-corrected chi connectivity index (χ2v) is 10.4. The van der Waals surface area contributed by atoms with Crippen molar-refractivity contribution in [2.75, 3.05) is 37.0 Å². The Morgan fingerprint density at radius 2 is 1.40 bits per heavy atom. The molecule has 1 aliphatic heterocycles. The number of alkyl halides is 6. The van der Waals surface area contributed by atoms with Crippen molar-refractivity contribution < 1.29 is 60.8 Å². The monoisotopic (exact) mass is 687 g/mol. The van der Waals surface area contributed by atoms with Gasteiger partial charge >= 0.3 is 24.3 Å². The minimum absolute atomic E-state index is 0.0591. The summed E-state index contributed by atoms with van der Waals surface area (Å²) in [7, 11) is 2.14. The van der Waals surface area contributed by atoms with Crippen molar-refractivity contribution in [1.29, 1.82) is 0 Å². The van der Waals surface area contributed by atoms with E-state index in [9.17, 15) is 36.2 Å². The van der Waals surface area contributed by atoms with Crippen LogP contribution in [0.1, 0.15) is 24.8 Å². The van der Waals surface area contributed by atoms with Crippen LogP contribution in [0.5, 0.6) is 11.5 Å². The number of nitrogens with one attached hydrogen (secondary N) is 1. The molecule has 48 heavy (non-hydrogen) atoms. The molecule has 1 saturated heterocycles. The van der Waals surface area contributed by atoms with Gasteiger partial charge in [-0.25, -0.2) is 9.59 Å². The minimum Gasteiger partial charge on any atom is -0.508 e. The molecule has 1 aliphatic rings. The predicted molar refractivity (Wildman–Crippen MR) is 164 cm³/mol. The van der Waals surface area contributed by atoms with Gasteiger partial charge in [0.25, 0.3) is 0 Å². The third-order valence-electron chi connectivity index (χ3n) is 6.81. The molecule has 0 bridgehead atoms. The van der Waals surface area contributed by atoms with E-state index in [0.29, 0.717) is 24.8 Å². The van der Waals surface area contributed by atoms with Crippen molar-refractivity contribution in [2.45, 2.75) is 44.2 Å². The van der Waals surface area contributed by atoms with Crippen LogP contribution >= 0.6 is 0 Å². The van der Waals surface area contributed by atoms with Crippen LogP contribution in [0.4, 0.5) is 37.7 Å². The Labute approximate surface area is 272 Å². The molecule has 0 saturated carbocycles. The number of halogens is 6. The Morgan fingerprint density at radius 1 is 0.854 bits per heavy atom. The van der Waals surface area contributed by atoms with Gasteiger partial charge in [-0.15, -0.1) is 0 Å². The van der Waals surface area contributed by atoms with E-state index in [0.717, 1.165) is 55.2 Å². The highest BCUT2D eigenvalue weighted by Crippen LogP contribution is 2.25. The summed E-state index contributed by atoms with van der Waals surface area (Å²) < 4.78 is 69.1. The van der Waals surface area contributed by atoms with E-state index >= 15 is 0 Å². The molecule has 4 N–H and O–H groups in total. The lowest BCUT2D eigenvalue weighted by atomic mass is 10.0. The van der Waals surface area contributed by atoms with Crippen LogP contribution in [0.15, 0.2) is 78.9 Å². The van der Waals surface area contributed by atoms with Gasteiger partial charge in [0.2, 0.25) is 5.91 Å². The van der Waals surface area contributed by atoms with Crippen LogP contribution in [0.25, 0.3) is 0 Å². The first-order valence-electron chi connectivity index (χ1n) is 14.4. The van der Waals surface area contributed by atoms with Crippen LogP contribution in [0.2, 0.25) is 0 Å². The Bertz CT molecular complexity index is 1420. The highest BCUT2D eigenvalue weighted by atomic mass is 19.4. The van der Waals surface area contributed by atoms with E-state index in [4.69, 9.17) is 24.5 Å². The standard InChI is InChI=1S/C28H33N3O3.2C2HF3O2/c1-30(25-14-17-31(18-15-25)21-22-6-5-7-26(32)20-22)24-12-10-23(11-13-24)29-28(33)16-19-34-27-8-3-2-4-9-27;2*3-2(4,5)1(6)7/h2-13,20,25,32H,14-19,21H2,1H3,(H,29,33);2*(H,6,7). The third kappa shape index (κ3) is 14.6. The lowest BCUT2D eigenvalue weighted by Crippen LogP contribution is -2.43. The van der Waals surface area contributed by atoms with Gasteiger partial charge < -0.3 is 30.3 Å². The number of carbonyl (C=O) groups is 3. The molecular formula is C32H35F6N3O7. The molecule has 0 spiro atoms. The number of rotatable bonds is 9. The summed E-state index contributed by atoms with van der Waals surface area (Å²) in [6.07, 6.45) is -7.68. The van der Waals surface area contributed by atoms with Gasteiger partial charge in [0.15, 0.2) is 0 Å². The van der Waals surface area contributed by atoms with Crippen LogP contribution in [-0.4, -0.2) is 83.2 Å². The fourth-order valence-corrected chi connectivity index (χ4v) is 4.37. The van der Waals surface area contributed by atoms with Gasteiger partial charge in [-0.3, -0.25) is 9.69 Å².